The van der Waals surface area contributed by atoms with Gasteiger partial charge in [-0.1, -0.05) is 17.7 Å². The van der Waals surface area contributed by atoms with E-state index < -0.39 is 10.0 Å². The topological polar surface area (TPSA) is 104 Å². The quantitative estimate of drug-likeness (QED) is 0.694. The highest BCUT2D eigenvalue weighted by atomic mass is 32.2. The molecule has 0 aliphatic carbocycles. The number of piperazine rings is 1. The maximum absolute atomic E-state index is 12.6. The van der Waals surface area contributed by atoms with Gasteiger partial charge in [0.2, 0.25) is 0 Å². The standard InChI is InChI=1S/C18H20N6O3S/c1-14-2-4-15(5-3-14)24-18(25)7-6-16(21-24)22-8-10-23(11-9-22)28(26,27)17-12-19-13-20-17/h2-7,12-13H,8-11H2,1H3,(H,19,20). The van der Waals surface area contributed by atoms with Crippen LogP contribution < -0.4 is 10.5 Å². The molecule has 0 unspecified atom stereocenters. The van der Waals surface area contributed by atoms with E-state index in [0.29, 0.717) is 37.7 Å². The zero-order valence-electron chi connectivity index (χ0n) is 15.3. The molecular weight excluding hydrogens is 380 g/mol. The van der Waals surface area contributed by atoms with Crippen LogP contribution in [0.2, 0.25) is 0 Å². The van der Waals surface area contributed by atoms with Crippen LogP contribution in [0.25, 0.3) is 5.69 Å². The Morgan fingerprint density at radius 3 is 2.36 bits per heavy atom. The van der Waals surface area contributed by atoms with Gasteiger partial charge >= 0.3 is 0 Å². The van der Waals surface area contributed by atoms with Crippen LogP contribution in [0.4, 0.5) is 5.82 Å². The van der Waals surface area contributed by atoms with Crippen molar-refractivity contribution in [3.8, 4) is 5.69 Å². The van der Waals surface area contributed by atoms with Gasteiger partial charge in [0.05, 0.1) is 18.2 Å². The minimum atomic E-state index is -3.57. The van der Waals surface area contributed by atoms with Crippen LogP contribution in [0.5, 0.6) is 0 Å². The van der Waals surface area contributed by atoms with Gasteiger partial charge in [-0.25, -0.2) is 13.4 Å². The SMILES string of the molecule is Cc1ccc(-n2nc(N3CCN(S(=O)(=O)c4cnc[nH]4)CC3)ccc2=O)cc1. The molecule has 10 heteroatoms. The first-order valence-electron chi connectivity index (χ1n) is 8.86. The molecule has 146 valence electrons. The lowest BCUT2D eigenvalue weighted by Crippen LogP contribution is -2.49. The van der Waals surface area contributed by atoms with Crippen LogP contribution in [0.3, 0.4) is 0 Å². The summed E-state index contributed by atoms with van der Waals surface area (Å²) < 4.78 is 27.9. The number of nitrogens with zero attached hydrogens (tertiary/aromatic N) is 5. The number of rotatable bonds is 4. The molecule has 0 radical (unpaired) electrons. The molecule has 9 nitrogen and oxygen atoms in total. The zero-order valence-corrected chi connectivity index (χ0v) is 16.1. The lowest BCUT2D eigenvalue weighted by atomic mass is 10.2. The molecule has 0 amide bonds. The summed E-state index contributed by atoms with van der Waals surface area (Å²) in [5.41, 5.74) is 1.58. The number of aryl methyl sites for hydroxylation is 1. The highest BCUT2D eigenvalue weighted by Crippen LogP contribution is 2.18. The molecule has 4 rings (SSSR count). The van der Waals surface area contributed by atoms with Crippen LogP contribution in [-0.4, -0.2) is 58.7 Å². The molecule has 0 spiro atoms. The maximum Gasteiger partial charge on any atom is 0.271 e. The van der Waals surface area contributed by atoms with E-state index in [0.717, 1.165) is 5.56 Å². The Labute approximate surface area is 162 Å². The fourth-order valence-electron chi connectivity index (χ4n) is 3.12. The van der Waals surface area contributed by atoms with E-state index in [1.165, 1.54) is 27.6 Å². The second-order valence-electron chi connectivity index (χ2n) is 6.58. The smallest absolute Gasteiger partial charge is 0.271 e. The second-order valence-corrected chi connectivity index (χ2v) is 8.49. The lowest BCUT2D eigenvalue weighted by molar-refractivity contribution is 0.382. The molecule has 28 heavy (non-hydrogen) atoms. The monoisotopic (exact) mass is 400 g/mol. The van der Waals surface area contributed by atoms with Crippen molar-refractivity contribution in [2.45, 2.75) is 11.9 Å². The van der Waals surface area contributed by atoms with Gasteiger partial charge in [-0.15, -0.1) is 5.10 Å². The second kappa shape index (κ2) is 7.21. The number of aromatic amines is 1. The Kier molecular flexibility index (Phi) is 4.73. The summed E-state index contributed by atoms with van der Waals surface area (Å²) in [6.07, 6.45) is 2.65. The zero-order chi connectivity index (χ0) is 19.7. The Bertz CT molecular complexity index is 1110. The summed E-state index contributed by atoms with van der Waals surface area (Å²) in [6.45, 7) is 3.59. The number of sulfonamides is 1. The van der Waals surface area contributed by atoms with Crippen LogP contribution in [0.1, 0.15) is 5.56 Å². The van der Waals surface area contributed by atoms with Crippen molar-refractivity contribution in [2.75, 3.05) is 31.1 Å². The first-order valence-corrected chi connectivity index (χ1v) is 10.3. The number of benzene rings is 1. The summed E-state index contributed by atoms with van der Waals surface area (Å²) in [4.78, 5) is 20.6. The molecule has 0 atom stereocenters. The Morgan fingerprint density at radius 2 is 1.71 bits per heavy atom. The summed E-state index contributed by atoms with van der Waals surface area (Å²) in [7, 11) is -3.57. The van der Waals surface area contributed by atoms with Gasteiger partial charge in [0.15, 0.2) is 5.03 Å². The van der Waals surface area contributed by atoms with Gasteiger partial charge < -0.3 is 9.88 Å². The summed E-state index contributed by atoms with van der Waals surface area (Å²) in [5, 5.41) is 4.57. The van der Waals surface area contributed by atoms with E-state index in [2.05, 4.69) is 15.1 Å². The minimum absolute atomic E-state index is 0.0898. The number of anilines is 1. The van der Waals surface area contributed by atoms with E-state index >= 15 is 0 Å². The van der Waals surface area contributed by atoms with Gasteiger partial charge in [-0.05, 0) is 25.1 Å². The van der Waals surface area contributed by atoms with Crippen LogP contribution >= 0.6 is 0 Å². The lowest BCUT2D eigenvalue weighted by Gasteiger charge is -2.34. The van der Waals surface area contributed by atoms with Crippen LogP contribution in [-0.2, 0) is 10.0 Å². The van der Waals surface area contributed by atoms with E-state index in [1.54, 1.807) is 6.07 Å². The predicted octanol–water partition coefficient (Wildman–Crippen LogP) is 0.775. The molecule has 0 saturated carbocycles. The van der Waals surface area contributed by atoms with Crippen molar-refractivity contribution >= 4 is 15.8 Å². The molecule has 2 aromatic heterocycles. The van der Waals surface area contributed by atoms with E-state index in [1.807, 2.05) is 36.1 Å². The van der Waals surface area contributed by atoms with Crippen molar-refractivity contribution in [3.63, 3.8) is 0 Å². The first-order chi connectivity index (χ1) is 13.4. The Morgan fingerprint density at radius 1 is 1.00 bits per heavy atom. The van der Waals surface area contributed by atoms with Crippen molar-refractivity contribution in [2.24, 2.45) is 0 Å². The number of hydrogen-bond acceptors (Lipinski definition) is 6. The number of aromatic nitrogens is 4. The number of H-pyrrole nitrogens is 1. The van der Waals surface area contributed by atoms with Gasteiger partial charge in [0, 0.05) is 32.2 Å². The molecule has 0 bridgehead atoms. The highest BCUT2D eigenvalue weighted by molar-refractivity contribution is 7.89. The van der Waals surface area contributed by atoms with Gasteiger partial charge in [-0.3, -0.25) is 4.79 Å². The summed E-state index contributed by atoms with van der Waals surface area (Å²) >= 11 is 0. The largest absolute Gasteiger partial charge is 0.353 e. The third kappa shape index (κ3) is 3.43. The predicted molar refractivity (Wildman–Crippen MR) is 104 cm³/mol. The molecule has 1 fully saturated rings. The van der Waals surface area contributed by atoms with Crippen LogP contribution in [0.15, 0.2) is 58.7 Å². The van der Waals surface area contributed by atoms with Gasteiger partial charge in [0.1, 0.15) is 5.82 Å². The molecule has 1 aromatic carbocycles. The average molecular weight is 400 g/mol. The van der Waals surface area contributed by atoms with E-state index in [9.17, 15) is 13.2 Å². The van der Waals surface area contributed by atoms with E-state index in [4.69, 9.17) is 0 Å². The maximum atomic E-state index is 12.6. The first kappa shape index (κ1) is 18.4. The van der Waals surface area contributed by atoms with Gasteiger partial charge in [-0.2, -0.15) is 8.99 Å². The fraction of sp³-hybridized carbons (Fsp3) is 0.278. The Hall–Kier alpha value is -2.98. The summed E-state index contributed by atoms with van der Waals surface area (Å²) in [6, 6.07) is 10.7. The average Bonchev–Trinajstić information content (AvgIpc) is 3.25. The number of nitrogens with one attached hydrogen (secondary N) is 1. The minimum Gasteiger partial charge on any atom is -0.353 e. The molecule has 3 aromatic rings. The van der Waals surface area contributed by atoms with Crippen LogP contribution in [0, 0.1) is 6.92 Å². The normalized spacial score (nSPS) is 15.7. The van der Waals surface area contributed by atoms with Crippen molar-refractivity contribution in [1.82, 2.24) is 24.1 Å². The molecule has 1 aliphatic rings. The number of imidazole rings is 1. The fourth-order valence-corrected chi connectivity index (χ4v) is 4.44. The van der Waals surface area contributed by atoms with Crippen molar-refractivity contribution < 1.29 is 8.42 Å². The highest BCUT2D eigenvalue weighted by Gasteiger charge is 2.30. The molecule has 3 heterocycles. The Balaban J connectivity index is 1.53. The third-order valence-corrected chi connectivity index (χ3v) is 6.54. The van der Waals surface area contributed by atoms with Gasteiger partial charge in [0.25, 0.3) is 15.6 Å². The molecule has 1 saturated heterocycles. The number of hydrogen-bond donors (Lipinski definition) is 1. The summed E-state index contributed by atoms with van der Waals surface area (Å²) in [5.74, 6) is 0.638. The molecule has 1 aliphatic heterocycles. The third-order valence-electron chi connectivity index (χ3n) is 4.72. The van der Waals surface area contributed by atoms with E-state index in [-0.39, 0.29) is 10.6 Å². The van der Waals surface area contributed by atoms with Crippen molar-refractivity contribution in [1.29, 1.82) is 0 Å². The van der Waals surface area contributed by atoms with Crippen molar-refractivity contribution in [3.05, 3.63) is 64.8 Å². The molecule has 1 N–H and O–H groups in total. The molecular formula is C18H20N6O3S.